The number of ether oxygens (including phenoxy) is 1. The summed E-state index contributed by atoms with van der Waals surface area (Å²) >= 11 is 0. The minimum absolute atomic E-state index is 0.0473. The summed E-state index contributed by atoms with van der Waals surface area (Å²) in [5.74, 6) is -2.17. The summed E-state index contributed by atoms with van der Waals surface area (Å²) in [4.78, 5) is 6.73. The quantitative estimate of drug-likeness (QED) is 0.745. The number of nitrogens with zero attached hydrogens (tertiary/aromatic N) is 2. The van der Waals surface area contributed by atoms with Gasteiger partial charge in [0.15, 0.2) is 0 Å². The van der Waals surface area contributed by atoms with Gasteiger partial charge in [0, 0.05) is 30.2 Å². The van der Waals surface area contributed by atoms with Crippen LogP contribution in [0.3, 0.4) is 0 Å². The van der Waals surface area contributed by atoms with Crippen molar-refractivity contribution in [3.05, 3.63) is 65.4 Å². The van der Waals surface area contributed by atoms with Crippen molar-refractivity contribution in [3.63, 3.8) is 0 Å². The molecule has 2 aliphatic heterocycles. The lowest BCUT2D eigenvalue weighted by Crippen LogP contribution is -2.47. The van der Waals surface area contributed by atoms with E-state index < -0.39 is 5.92 Å². The molecule has 0 saturated carbocycles. The Labute approximate surface area is 164 Å². The van der Waals surface area contributed by atoms with Crippen LogP contribution in [0.25, 0.3) is 6.08 Å². The number of halogens is 2. The Bertz CT molecular complexity index is 899. The van der Waals surface area contributed by atoms with Crippen LogP contribution in [0.2, 0.25) is 0 Å². The Morgan fingerprint density at radius 3 is 2.93 bits per heavy atom. The molecule has 3 aliphatic rings. The Morgan fingerprint density at radius 2 is 2.07 bits per heavy atom. The van der Waals surface area contributed by atoms with Gasteiger partial charge in [-0.15, -0.1) is 0 Å². The number of aromatic nitrogens is 1. The fourth-order valence-electron chi connectivity index (χ4n) is 5.46. The van der Waals surface area contributed by atoms with E-state index in [-0.39, 0.29) is 23.4 Å². The van der Waals surface area contributed by atoms with Gasteiger partial charge in [0.1, 0.15) is 6.61 Å². The highest BCUT2D eigenvalue weighted by Gasteiger charge is 2.54. The molecule has 0 amide bonds. The molecule has 0 spiro atoms. The maximum absolute atomic E-state index is 14.9. The summed E-state index contributed by atoms with van der Waals surface area (Å²) in [5.41, 5.74) is 1.46. The van der Waals surface area contributed by atoms with Crippen LogP contribution in [-0.2, 0) is 5.92 Å². The van der Waals surface area contributed by atoms with Crippen molar-refractivity contribution in [1.29, 1.82) is 0 Å². The van der Waals surface area contributed by atoms with E-state index in [1.807, 2.05) is 36.4 Å². The van der Waals surface area contributed by atoms with Gasteiger partial charge < -0.3 is 4.74 Å². The first-order valence-electron chi connectivity index (χ1n) is 10.1. The first-order valence-corrected chi connectivity index (χ1v) is 10.1. The summed E-state index contributed by atoms with van der Waals surface area (Å²) in [7, 11) is 0. The zero-order valence-corrected chi connectivity index (χ0v) is 15.8. The molecule has 5 heteroatoms. The average Bonchev–Trinajstić information content (AvgIpc) is 3.25. The first kappa shape index (κ1) is 17.8. The molecule has 0 bridgehead atoms. The first-order chi connectivity index (χ1) is 13.6. The number of allylic oxidation sites excluding steroid dienone is 1. The van der Waals surface area contributed by atoms with Crippen molar-refractivity contribution in [2.75, 3.05) is 19.7 Å². The molecular formula is C23H24F2N2O. The minimum Gasteiger partial charge on any atom is -0.476 e. The molecule has 28 heavy (non-hydrogen) atoms. The molecule has 1 aliphatic carbocycles. The van der Waals surface area contributed by atoms with Gasteiger partial charge >= 0.3 is 0 Å². The molecule has 0 N–H and O–H groups in total. The Hall–Kier alpha value is -2.27. The van der Waals surface area contributed by atoms with E-state index in [1.54, 1.807) is 18.3 Å². The highest BCUT2D eigenvalue weighted by atomic mass is 19.3. The van der Waals surface area contributed by atoms with Crippen LogP contribution in [-0.4, -0.2) is 35.1 Å². The second kappa shape index (κ2) is 6.66. The van der Waals surface area contributed by atoms with E-state index >= 15 is 0 Å². The average molecular weight is 382 g/mol. The van der Waals surface area contributed by atoms with Gasteiger partial charge in [0.05, 0.1) is 5.54 Å². The Kier molecular flexibility index (Phi) is 4.23. The standard InChI is InChI=1S/C23H24F2N2O/c24-23(25)12-4-7-17-6-3-8-18(21(17)23)19-10-15-27-14-5-11-22(19,27)16-28-20-9-1-2-13-26-20/h1-4,6-9,13,19H,5,10-12,14-16H2. The molecule has 2 fully saturated rings. The molecule has 0 radical (unpaired) electrons. The Balaban J connectivity index is 1.54. The van der Waals surface area contributed by atoms with E-state index in [1.165, 1.54) is 0 Å². The third kappa shape index (κ3) is 2.75. The zero-order chi connectivity index (χ0) is 19.2. The maximum Gasteiger partial charge on any atom is 0.277 e. The van der Waals surface area contributed by atoms with E-state index in [2.05, 4.69) is 9.88 Å². The lowest BCUT2D eigenvalue weighted by Gasteiger charge is -2.39. The van der Waals surface area contributed by atoms with Gasteiger partial charge in [-0.2, -0.15) is 0 Å². The summed E-state index contributed by atoms with van der Waals surface area (Å²) in [6, 6.07) is 11.3. The zero-order valence-electron chi connectivity index (χ0n) is 15.8. The monoisotopic (exact) mass is 382 g/mol. The van der Waals surface area contributed by atoms with Gasteiger partial charge in [-0.05, 0) is 49.5 Å². The lowest BCUT2D eigenvalue weighted by atomic mass is 9.74. The van der Waals surface area contributed by atoms with Crippen molar-refractivity contribution >= 4 is 6.08 Å². The summed E-state index contributed by atoms with van der Waals surface area (Å²) in [6.45, 7) is 2.43. The van der Waals surface area contributed by atoms with Crippen LogP contribution in [0.5, 0.6) is 5.88 Å². The van der Waals surface area contributed by atoms with Gasteiger partial charge in [-0.25, -0.2) is 13.8 Å². The molecule has 1 aromatic heterocycles. The van der Waals surface area contributed by atoms with Gasteiger partial charge in [0.2, 0.25) is 5.88 Å². The molecule has 146 valence electrons. The second-order valence-corrected chi connectivity index (χ2v) is 8.11. The molecule has 2 unspecified atom stereocenters. The van der Waals surface area contributed by atoms with Crippen molar-refractivity contribution < 1.29 is 13.5 Å². The number of alkyl halides is 2. The topological polar surface area (TPSA) is 25.4 Å². The highest BCUT2D eigenvalue weighted by Crippen LogP contribution is 2.52. The maximum atomic E-state index is 14.9. The molecule has 2 atom stereocenters. The molecule has 1 aromatic carbocycles. The second-order valence-electron chi connectivity index (χ2n) is 8.11. The van der Waals surface area contributed by atoms with Crippen molar-refractivity contribution in [2.24, 2.45) is 0 Å². The van der Waals surface area contributed by atoms with Crippen LogP contribution < -0.4 is 4.74 Å². The van der Waals surface area contributed by atoms with E-state index in [4.69, 9.17) is 4.74 Å². The smallest absolute Gasteiger partial charge is 0.277 e. The fourth-order valence-corrected chi connectivity index (χ4v) is 5.46. The van der Waals surface area contributed by atoms with Crippen LogP contribution in [0.4, 0.5) is 8.78 Å². The number of hydrogen-bond acceptors (Lipinski definition) is 3. The molecule has 2 saturated heterocycles. The fraction of sp³-hybridized carbons (Fsp3) is 0.435. The predicted octanol–water partition coefficient (Wildman–Crippen LogP) is 4.99. The molecule has 5 rings (SSSR count). The number of hydrogen-bond donors (Lipinski definition) is 0. The van der Waals surface area contributed by atoms with Crippen LogP contribution in [0.1, 0.15) is 48.3 Å². The normalized spacial score (nSPS) is 28.1. The third-order valence-electron chi connectivity index (χ3n) is 6.65. The summed E-state index contributed by atoms with van der Waals surface area (Å²) in [5, 5.41) is 0. The van der Waals surface area contributed by atoms with Crippen molar-refractivity contribution in [3.8, 4) is 5.88 Å². The van der Waals surface area contributed by atoms with Crippen LogP contribution >= 0.6 is 0 Å². The summed E-state index contributed by atoms with van der Waals surface area (Å²) < 4.78 is 35.9. The largest absolute Gasteiger partial charge is 0.476 e. The number of rotatable bonds is 4. The lowest BCUT2D eigenvalue weighted by molar-refractivity contribution is -0.00439. The molecule has 2 aromatic rings. The van der Waals surface area contributed by atoms with E-state index in [0.29, 0.717) is 18.1 Å². The highest BCUT2D eigenvalue weighted by molar-refractivity contribution is 5.61. The number of benzene rings is 1. The SMILES string of the molecule is FC1(F)CC=Cc2cccc(C3CCN4CCCC34COc3ccccn3)c21. The predicted molar refractivity (Wildman–Crippen MR) is 105 cm³/mol. The van der Waals surface area contributed by atoms with E-state index in [0.717, 1.165) is 37.9 Å². The Morgan fingerprint density at radius 1 is 1.14 bits per heavy atom. The van der Waals surface area contributed by atoms with Crippen LogP contribution in [0, 0.1) is 0 Å². The van der Waals surface area contributed by atoms with E-state index in [9.17, 15) is 8.78 Å². The van der Waals surface area contributed by atoms with Crippen molar-refractivity contribution in [1.82, 2.24) is 9.88 Å². The van der Waals surface area contributed by atoms with Gasteiger partial charge in [0.25, 0.3) is 5.92 Å². The van der Waals surface area contributed by atoms with Crippen molar-refractivity contribution in [2.45, 2.75) is 43.1 Å². The number of fused-ring (bicyclic) bond motifs is 2. The minimum atomic E-state index is -2.81. The molecular weight excluding hydrogens is 358 g/mol. The number of pyridine rings is 1. The third-order valence-corrected chi connectivity index (χ3v) is 6.65. The molecule has 3 heterocycles. The van der Waals surface area contributed by atoms with Crippen LogP contribution in [0.15, 0.2) is 48.7 Å². The molecule has 3 nitrogen and oxygen atoms in total. The van der Waals surface area contributed by atoms with Gasteiger partial charge in [-0.3, -0.25) is 4.90 Å². The van der Waals surface area contributed by atoms with Gasteiger partial charge in [-0.1, -0.05) is 36.4 Å². The summed E-state index contributed by atoms with van der Waals surface area (Å²) in [6.07, 6.45) is 7.86.